The van der Waals surface area contributed by atoms with Gasteiger partial charge in [0.05, 0.1) is 18.8 Å². The molecule has 0 unspecified atom stereocenters. The summed E-state index contributed by atoms with van der Waals surface area (Å²) in [6.07, 6.45) is 4.08. The molecule has 0 saturated heterocycles. The van der Waals surface area contributed by atoms with Crippen LogP contribution >= 0.6 is 0 Å². The molecular weight excluding hydrogens is 340 g/mol. The molecule has 134 valence electrons. The van der Waals surface area contributed by atoms with Crippen molar-refractivity contribution in [2.24, 2.45) is 0 Å². The average Bonchev–Trinajstić information content (AvgIpc) is 3.00. The minimum atomic E-state index is -3.27. The van der Waals surface area contributed by atoms with Crippen molar-refractivity contribution >= 4 is 22.0 Å². The molecular formula is C18H22N2O4S. The Bertz CT molecular complexity index is 841. The van der Waals surface area contributed by atoms with Crippen LogP contribution in [-0.2, 0) is 21.4 Å². The van der Waals surface area contributed by atoms with Crippen LogP contribution in [0.1, 0.15) is 30.0 Å². The number of amides is 1. The second kappa shape index (κ2) is 8.13. The lowest BCUT2D eigenvalue weighted by Gasteiger charge is -2.12. The minimum absolute atomic E-state index is 0.103. The van der Waals surface area contributed by atoms with E-state index in [0.717, 1.165) is 11.8 Å². The molecule has 1 N–H and O–H groups in total. The fourth-order valence-electron chi connectivity index (χ4n) is 2.15. The monoisotopic (exact) mass is 362 g/mol. The number of benzene rings is 1. The molecule has 1 atom stereocenters. The maximum absolute atomic E-state index is 12.0. The van der Waals surface area contributed by atoms with Gasteiger partial charge in [0.25, 0.3) is 0 Å². The Morgan fingerprint density at radius 2 is 1.92 bits per heavy atom. The Kier molecular flexibility index (Phi) is 6.17. The van der Waals surface area contributed by atoms with Crippen LogP contribution in [0.5, 0.6) is 0 Å². The minimum Gasteiger partial charge on any atom is -0.460 e. The van der Waals surface area contributed by atoms with E-state index in [-0.39, 0.29) is 18.5 Å². The molecule has 1 amide bonds. The van der Waals surface area contributed by atoms with Crippen LogP contribution in [0.25, 0.3) is 6.08 Å². The number of rotatable bonds is 7. The Morgan fingerprint density at radius 1 is 1.24 bits per heavy atom. The summed E-state index contributed by atoms with van der Waals surface area (Å²) < 4.78 is 29.5. The molecule has 7 heteroatoms. The molecule has 0 aliphatic heterocycles. The summed E-state index contributed by atoms with van der Waals surface area (Å²) in [4.78, 5) is 12.0. The van der Waals surface area contributed by atoms with E-state index in [4.69, 9.17) is 4.42 Å². The van der Waals surface area contributed by atoms with Gasteiger partial charge in [-0.2, -0.15) is 4.31 Å². The van der Waals surface area contributed by atoms with Gasteiger partial charge in [-0.3, -0.25) is 4.79 Å². The first-order valence-electron chi connectivity index (χ1n) is 7.79. The first kappa shape index (κ1) is 19.0. The maximum atomic E-state index is 12.0. The summed E-state index contributed by atoms with van der Waals surface area (Å²) in [6.45, 7) is 2.05. The molecule has 2 rings (SSSR count). The molecule has 2 aromatic rings. The molecule has 25 heavy (non-hydrogen) atoms. The normalized spacial score (nSPS) is 13.3. The van der Waals surface area contributed by atoms with Gasteiger partial charge in [0, 0.05) is 13.1 Å². The predicted molar refractivity (Wildman–Crippen MR) is 97.1 cm³/mol. The van der Waals surface area contributed by atoms with E-state index < -0.39 is 10.0 Å². The van der Waals surface area contributed by atoms with E-state index in [1.165, 1.54) is 17.4 Å². The number of hydrogen-bond donors (Lipinski definition) is 1. The van der Waals surface area contributed by atoms with Crippen LogP contribution in [0.4, 0.5) is 0 Å². The highest BCUT2D eigenvalue weighted by molar-refractivity contribution is 7.88. The Labute approximate surface area is 148 Å². The fraction of sp³-hybridized carbons (Fsp3) is 0.278. The summed E-state index contributed by atoms with van der Waals surface area (Å²) in [5.41, 5.74) is 1.02. The third-order valence-corrected chi connectivity index (χ3v) is 4.95. The topological polar surface area (TPSA) is 79.6 Å². The molecule has 0 fully saturated rings. The molecule has 1 aromatic carbocycles. The second-order valence-corrected chi connectivity index (χ2v) is 7.89. The number of carbonyl (C=O) groups excluding carboxylic acids is 1. The van der Waals surface area contributed by atoms with E-state index >= 15 is 0 Å². The van der Waals surface area contributed by atoms with Gasteiger partial charge in [0.1, 0.15) is 11.5 Å². The number of furan rings is 1. The van der Waals surface area contributed by atoms with Gasteiger partial charge >= 0.3 is 0 Å². The van der Waals surface area contributed by atoms with E-state index in [1.807, 2.05) is 37.3 Å². The zero-order valence-electron chi connectivity index (χ0n) is 14.5. The third kappa shape index (κ3) is 5.88. The fourth-order valence-corrected chi connectivity index (χ4v) is 2.51. The van der Waals surface area contributed by atoms with Crippen LogP contribution in [0.2, 0.25) is 0 Å². The van der Waals surface area contributed by atoms with Crippen LogP contribution in [0, 0.1) is 0 Å². The predicted octanol–water partition coefficient (Wildman–Crippen LogP) is 2.56. The summed E-state index contributed by atoms with van der Waals surface area (Å²) in [7, 11) is -1.79. The first-order valence-corrected chi connectivity index (χ1v) is 9.64. The number of hydrogen-bond acceptors (Lipinski definition) is 4. The molecule has 6 nitrogen and oxygen atoms in total. The van der Waals surface area contributed by atoms with Gasteiger partial charge in [-0.15, -0.1) is 0 Å². The van der Waals surface area contributed by atoms with Crippen LogP contribution < -0.4 is 5.32 Å². The SMILES string of the molecule is C[C@H](NC(=O)/C=C/c1ccc(CN(C)S(C)(=O)=O)o1)c1ccccc1. The summed E-state index contributed by atoms with van der Waals surface area (Å²) >= 11 is 0. The maximum Gasteiger partial charge on any atom is 0.244 e. The molecule has 0 saturated carbocycles. The van der Waals surface area contributed by atoms with E-state index in [2.05, 4.69) is 5.32 Å². The Balaban J connectivity index is 1.92. The van der Waals surface area contributed by atoms with Crippen LogP contribution in [0.3, 0.4) is 0 Å². The van der Waals surface area contributed by atoms with Crippen molar-refractivity contribution in [1.82, 2.24) is 9.62 Å². The summed E-state index contributed by atoms with van der Waals surface area (Å²) in [5, 5.41) is 2.87. The molecule has 0 bridgehead atoms. The standard InChI is InChI=1S/C18H22N2O4S/c1-14(15-7-5-4-6-8-15)19-18(21)12-11-16-9-10-17(24-16)13-20(2)25(3,22)23/h4-12,14H,13H2,1-3H3,(H,19,21)/b12-11+/t14-/m0/s1. The first-order chi connectivity index (χ1) is 11.8. The van der Waals surface area contributed by atoms with Crippen molar-refractivity contribution in [2.45, 2.75) is 19.5 Å². The van der Waals surface area contributed by atoms with Crippen molar-refractivity contribution in [3.8, 4) is 0 Å². The van der Waals surface area contributed by atoms with Crippen molar-refractivity contribution < 1.29 is 17.6 Å². The molecule has 0 spiro atoms. The van der Waals surface area contributed by atoms with Gasteiger partial charge in [-0.05, 0) is 30.7 Å². The van der Waals surface area contributed by atoms with Gasteiger partial charge in [0.15, 0.2) is 0 Å². The second-order valence-electron chi connectivity index (χ2n) is 5.80. The van der Waals surface area contributed by atoms with Crippen molar-refractivity contribution in [3.05, 3.63) is 65.6 Å². The lowest BCUT2D eigenvalue weighted by molar-refractivity contribution is -0.117. The molecule has 1 aromatic heterocycles. The van der Waals surface area contributed by atoms with E-state index in [1.54, 1.807) is 18.2 Å². The highest BCUT2D eigenvalue weighted by Crippen LogP contribution is 2.14. The molecule has 1 heterocycles. The highest BCUT2D eigenvalue weighted by Gasteiger charge is 2.13. The van der Waals surface area contributed by atoms with Gasteiger partial charge in [0.2, 0.25) is 15.9 Å². The number of carbonyl (C=O) groups is 1. The van der Waals surface area contributed by atoms with Gasteiger partial charge < -0.3 is 9.73 Å². The van der Waals surface area contributed by atoms with Crippen molar-refractivity contribution in [2.75, 3.05) is 13.3 Å². The molecule has 0 aliphatic carbocycles. The Morgan fingerprint density at radius 3 is 2.56 bits per heavy atom. The number of sulfonamides is 1. The zero-order chi connectivity index (χ0) is 18.4. The van der Waals surface area contributed by atoms with Gasteiger partial charge in [-0.1, -0.05) is 30.3 Å². The third-order valence-electron chi connectivity index (χ3n) is 3.68. The lowest BCUT2D eigenvalue weighted by atomic mass is 10.1. The lowest BCUT2D eigenvalue weighted by Crippen LogP contribution is -2.24. The average molecular weight is 362 g/mol. The van der Waals surface area contributed by atoms with Crippen LogP contribution in [-0.4, -0.2) is 31.9 Å². The zero-order valence-corrected chi connectivity index (χ0v) is 15.3. The van der Waals surface area contributed by atoms with Gasteiger partial charge in [-0.25, -0.2) is 8.42 Å². The summed E-state index contributed by atoms with van der Waals surface area (Å²) in [6, 6.07) is 12.9. The van der Waals surface area contributed by atoms with E-state index in [9.17, 15) is 13.2 Å². The summed E-state index contributed by atoms with van der Waals surface area (Å²) in [5.74, 6) is 0.757. The largest absolute Gasteiger partial charge is 0.460 e. The van der Waals surface area contributed by atoms with Crippen molar-refractivity contribution in [3.63, 3.8) is 0 Å². The molecule has 0 radical (unpaired) electrons. The van der Waals surface area contributed by atoms with Crippen LogP contribution in [0.15, 0.2) is 53.0 Å². The Hall–Kier alpha value is -2.38. The van der Waals surface area contributed by atoms with E-state index in [0.29, 0.717) is 11.5 Å². The quantitative estimate of drug-likeness (QED) is 0.768. The van der Waals surface area contributed by atoms with Crippen molar-refractivity contribution in [1.29, 1.82) is 0 Å². The number of nitrogens with zero attached hydrogens (tertiary/aromatic N) is 1. The number of nitrogens with one attached hydrogen (secondary N) is 1. The smallest absolute Gasteiger partial charge is 0.244 e. The highest BCUT2D eigenvalue weighted by atomic mass is 32.2. The molecule has 0 aliphatic rings.